The second-order valence-corrected chi connectivity index (χ2v) is 36.9. The number of phenols is 2. The first-order chi connectivity index (χ1) is 44.3. The third kappa shape index (κ3) is 14.9. The number of hydrogen-bond acceptors (Lipinski definition) is 4. The molecule has 8 aromatic carbocycles. The number of ether oxygens (including phenoxy) is 2. The summed E-state index contributed by atoms with van der Waals surface area (Å²) in [4.78, 5) is 0. The molecule has 6 nitrogen and oxygen atoms in total. The molecule has 0 spiro atoms. The number of aromatic hydroxyl groups is 2. The monoisotopic (exact) mass is 1330 g/mol. The van der Waals surface area contributed by atoms with Gasteiger partial charge in [-0.1, -0.05) is 212 Å². The Bertz CT molecular complexity index is 4120. The fraction of sp³-hybridized carbons (Fsp3) is 0.455. The van der Waals surface area contributed by atoms with Crippen molar-refractivity contribution in [2.45, 2.75) is 237 Å². The number of phenolic OH excluding ortho intramolecular Hbond substituents is 2. The summed E-state index contributed by atoms with van der Waals surface area (Å²) in [5.74, 6) is 1.67. The average Bonchev–Trinajstić information content (AvgIpc) is 1.50. The van der Waals surface area contributed by atoms with Crippen LogP contribution in [0.5, 0.6) is 23.0 Å². The highest BCUT2D eigenvalue weighted by atomic mass is 35.5. The Hall–Kier alpha value is -6.86. The lowest BCUT2D eigenvalue weighted by molar-refractivity contribution is 0.255. The van der Waals surface area contributed by atoms with E-state index in [1.165, 1.54) is 22.3 Å². The lowest BCUT2D eigenvalue weighted by Crippen LogP contribution is -2.26. The summed E-state index contributed by atoms with van der Waals surface area (Å²) in [6.45, 7) is 55.3. The first-order valence-corrected chi connectivity index (χ1v) is 35.9. The molecule has 0 bridgehead atoms. The number of halogens is 2. The van der Waals surface area contributed by atoms with Crippen LogP contribution in [0.4, 0.5) is 0 Å². The molecule has 10 aromatic rings. The van der Waals surface area contributed by atoms with Crippen molar-refractivity contribution < 1.29 is 19.7 Å². The average molecular weight is 1330 g/mol. The Kier molecular flexibility index (Phi) is 19.3. The van der Waals surface area contributed by atoms with Gasteiger partial charge in [0.05, 0.1) is 35.3 Å². The molecule has 0 aliphatic heterocycles. The van der Waals surface area contributed by atoms with Crippen LogP contribution in [0.25, 0.3) is 77.2 Å². The summed E-state index contributed by atoms with van der Waals surface area (Å²) < 4.78 is 19.4. The molecule has 10 rings (SSSR count). The maximum absolute atomic E-state index is 13.4. The van der Waals surface area contributed by atoms with E-state index in [-0.39, 0.29) is 44.0 Å². The SMILES string of the molecule is Cc1cc(Cl)cc(-c2cc(C(C)(C)CC(C)(C)C)c(OCCCCCCOc3c(C(C)(C)CC(C)(C)C)cc(-c4cc(C)cc(Cl)c4)c(O)c3-n3c4ccc(C(C)(C)C)cc4c4cc(C(C)(C)C)ccc43)c(-n3c4ccc(C(C)(C)C)cc4c4cc(C(C)(C)C)ccc43)c2O)c1. The number of aromatic nitrogens is 2. The molecule has 8 heteroatoms. The molecule has 0 aliphatic rings. The highest BCUT2D eigenvalue weighted by Gasteiger charge is 2.38. The van der Waals surface area contributed by atoms with Crippen molar-refractivity contribution in [3.63, 3.8) is 0 Å². The molecule has 0 saturated heterocycles. The van der Waals surface area contributed by atoms with Gasteiger partial charge < -0.3 is 28.8 Å². The Labute approximate surface area is 585 Å². The highest BCUT2D eigenvalue weighted by Crippen LogP contribution is 2.55. The first kappa shape index (κ1) is 71.9. The van der Waals surface area contributed by atoms with Crippen LogP contribution in [0.2, 0.25) is 10.0 Å². The predicted octanol–water partition coefficient (Wildman–Crippen LogP) is 26.2. The van der Waals surface area contributed by atoms with Gasteiger partial charge >= 0.3 is 0 Å². The fourth-order valence-electron chi connectivity index (χ4n) is 15.4. The smallest absolute Gasteiger partial charge is 0.151 e. The van der Waals surface area contributed by atoms with Gasteiger partial charge in [0.1, 0.15) is 11.4 Å². The largest absolute Gasteiger partial charge is 0.505 e. The minimum absolute atomic E-state index is 0.0387. The quantitative estimate of drug-likeness (QED) is 0.0892. The molecular formula is C88H110Cl2N2O4. The van der Waals surface area contributed by atoms with Crippen LogP contribution in [0.1, 0.15) is 235 Å². The maximum atomic E-state index is 13.4. The van der Waals surface area contributed by atoms with Crippen molar-refractivity contribution in [1.82, 2.24) is 9.13 Å². The van der Waals surface area contributed by atoms with Gasteiger partial charge in [0.25, 0.3) is 0 Å². The third-order valence-corrected chi connectivity index (χ3v) is 20.0. The van der Waals surface area contributed by atoms with Crippen LogP contribution in [0.3, 0.4) is 0 Å². The van der Waals surface area contributed by atoms with Crippen molar-refractivity contribution in [3.05, 3.63) is 176 Å². The molecule has 0 fully saturated rings. The molecule has 0 radical (unpaired) electrons. The summed E-state index contributed by atoms with van der Waals surface area (Å²) in [7, 11) is 0. The van der Waals surface area contributed by atoms with Crippen LogP contribution >= 0.6 is 23.2 Å². The molecular weight excluding hydrogens is 1220 g/mol. The molecule has 2 aromatic heterocycles. The number of nitrogens with zero attached hydrogens (tertiary/aromatic N) is 2. The summed E-state index contributed by atoms with van der Waals surface area (Å²) in [5.41, 5.74) is 16.2. The van der Waals surface area contributed by atoms with Crippen molar-refractivity contribution in [2.75, 3.05) is 13.2 Å². The minimum Gasteiger partial charge on any atom is -0.505 e. The van der Waals surface area contributed by atoms with Gasteiger partial charge in [-0.05, 0) is 225 Å². The molecule has 0 aliphatic carbocycles. The van der Waals surface area contributed by atoms with E-state index < -0.39 is 10.8 Å². The van der Waals surface area contributed by atoms with Gasteiger partial charge in [0.15, 0.2) is 23.0 Å². The van der Waals surface area contributed by atoms with E-state index in [2.05, 4.69) is 272 Å². The zero-order chi connectivity index (χ0) is 70.5. The van der Waals surface area contributed by atoms with E-state index in [4.69, 9.17) is 32.7 Å². The second kappa shape index (κ2) is 25.8. The number of aryl methyl sites for hydroxylation is 2. The van der Waals surface area contributed by atoms with Crippen LogP contribution < -0.4 is 9.47 Å². The lowest BCUT2D eigenvalue weighted by atomic mass is 9.71. The van der Waals surface area contributed by atoms with Crippen molar-refractivity contribution in [2.24, 2.45) is 10.8 Å². The van der Waals surface area contributed by atoms with Crippen molar-refractivity contribution in [1.29, 1.82) is 0 Å². The van der Waals surface area contributed by atoms with E-state index in [9.17, 15) is 10.2 Å². The van der Waals surface area contributed by atoms with Crippen molar-refractivity contribution in [3.8, 4) is 56.6 Å². The van der Waals surface area contributed by atoms with E-state index >= 15 is 0 Å². The third-order valence-electron chi connectivity index (χ3n) is 19.5. The molecule has 96 heavy (non-hydrogen) atoms. The Morgan fingerprint density at radius 1 is 0.354 bits per heavy atom. The molecule has 0 saturated carbocycles. The van der Waals surface area contributed by atoms with E-state index in [0.29, 0.717) is 57.3 Å². The summed E-state index contributed by atoms with van der Waals surface area (Å²) in [6.07, 6.45) is 5.00. The van der Waals surface area contributed by atoms with Gasteiger partial charge in [0.2, 0.25) is 0 Å². The Morgan fingerprint density at radius 3 is 0.885 bits per heavy atom. The topological polar surface area (TPSA) is 68.8 Å². The van der Waals surface area contributed by atoms with Crippen LogP contribution in [-0.4, -0.2) is 32.6 Å². The fourth-order valence-corrected chi connectivity index (χ4v) is 15.9. The van der Waals surface area contributed by atoms with Crippen LogP contribution in [0, 0.1) is 24.7 Å². The van der Waals surface area contributed by atoms with Crippen LogP contribution in [0.15, 0.2) is 121 Å². The Morgan fingerprint density at radius 2 is 0.635 bits per heavy atom. The van der Waals surface area contributed by atoms with Crippen molar-refractivity contribution >= 4 is 66.8 Å². The number of fused-ring (bicyclic) bond motifs is 6. The zero-order valence-electron chi connectivity index (χ0n) is 62.6. The van der Waals surface area contributed by atoms with Gasteiger partial charge in [-0.25, -0.2) is 0 Å². The lowest BCUT2D eigenvalue weighted by Gasteiger charge is -2.35. The molecule has 2 heterocycles. The summed E-state index contributed by atoms with van der Waals surface area (Å²) in [5, 5.41) is 32.6. The summed E-state index contributed by atoms with van der Waals surface area (Å²) >= 11 is 13.8. The summed E-state index contributed by atoms with van der Waals surface area (Å²) in [6, 6.07) is 43.9. The maximum Gasteiger partial charge on any atom is 0.151 e. The van der Waals surface area contributed by atoms with Crippen LogP contribution in [-0.2, 0) is 32.5 Å². The standard InChI is InChI=1S/C88H110Cl2N2O4/c1-53-39-55(43-61(89)41-53)63-49-69(87(21,22)51-81(3,4)5)79(75(77(63)93)91-71-33-29-57(83(9,10)11)45-65(71)66-46-58(84(12,13)14)30-34-72(66)91)95-37-27-25-26-28-38-96-80-70(88(23,24)52-82(6,7)8)50-64(56-40-54(2)42-62(90)44-56)78(94)76(80)92-73-35-31-59(85(15,16)17)47-67(73)68-48-60(86(18,19)20)32-36-74(68)92/h29-36,39-50,93-94H,25-28,37-38,51-52H2,1-24H3. The van der Waals surface area contributed by atoms with E-state index in [1.54, 1.807) is 0 Å². The number of benzene rings is 8. The molecule has 0 atom stereocenters. The zero-order valence-corrected chi connectivity index (χ0v) is 64.1. The second-order valence-electron chi connectivity index (χ2n) is 36.0. The molecule has 0 amide bonds. The van der Waals surface area contributed by atoms with E-state index in [1.807, 2.05) is 24.3 Å². The Balaban J connectivity index is 1.07. The molecule has 2 N–H and O–H groups in total. The van der Waals surface area contributed by atoms with Gasteiger partial charge in [-0.2, -0.15) is 0 Å². The number of unbranched alkanes of at least 4 members (excludes halogenated alkanes) is 3. The molecule has 510 valence electrons. The number of hydrogen-bond donors (Lipinski definition) is 2. The minimum atomic E-state index is -0.407. The van der Waals surface area contributed by atoms with Gasteiger partial charge in [-0.15, -0.1) is 0 Å². The van der Waals surface area contributed by atoms with Gasteiger partial charge in [0, 0.05) is 53.8 Å². The van der Waals surface area contributed by atoms with Gasteiger partial charge in [-0.3, -0.25) is 0 Å². The first-order valence-electron chi connectivity index (χ1n) is 35.1. The number of rotatable bonds is 17. The predicted molar refractivity (Wildman–Crippen MR) is 414 cm³/mol. The molecule has 0 unspecified atom stereocenters. The van der Waals surface area contributed by atoms with E-state index in [0.717, 1.165) is 116 Å². The highest BCUT2D eigenvalue weighted by molar-refractivity contribution is 6.31. The normalized spacial score (nSPS) is 13.3.